The van der Waals surface area contributed by atoms with Gasteiger partial charge in [0, 0.05) is 11.6 Å². The minimum absolute atomic E-state index is 0.310. The van der Waals surface area contributed by atoms with Crippen LogP contribution in [0.15, 0.2) is 47.2 Å². The van der Waals surface area contributed by atoms with Gasteiger partial charge in [0.15, 0.2) is 5.75 Å². The van der Waals surface area contributed by atoms with Crippen LogP contribution in [0.4, 0.5) is 0 Å². The quantitative estimate of drug-likeness (QED) is 0.665. The van der Waals surface area contributed by atoms with Gasteiger partial charge in [-0.15, -0.1) is 11.6 Å². The number of pyridine rings is 1. The van der Waals surface area contributed by atoms with Crippen molar-refractivity contribution in [1.29, 1.82) is 0 Å². The molecule has 0 spiro atoms. The van der Waals surface area contributed by atoms with Crippen LogP contribution in [0.2, 0.25) is 0 Å². The Hall–Kier alpha value is -2.00. The number of hydrogen-bond donors (Lipinski definition) is 0. The molecule has 3 nitrogen and oxygen atoms in total. The van der Waals surface area contributed by atoms with E-state index < -0.39 is 0 Å². The first-order valence-corrected chi connectivity index (χ1v) is 6.91. The molecule has 3 aromatic rings. The maximum absolute atomic E-state index is 5.95. The zero-order valence-electron chi connectivity index (χ0n) is 11.1. The highest BCUT2D eigenvalue weighted by molar-refractivity contribution is 6.17. The lowest BCUT2D eigenvalue weighted by Gasteiger charge is -2.10. The summed E-state index contributed by atoms with van der Waals surface area (Å²) in [7, 11) is 0. The van der Waals surface area contributed by atoms with Crippen LogP contribution in [0.3, 0.4) is 0 Å². The lowest BCUT2D eigenvalue weighted by molar-refractivity contribution is 0.306. The van der Waals surface area contributed by atoms with Gasteiger partial charge in [0.05, 0.1) is 17.0 Å². The number of ether oxygens (including phenoxy) is 1. The van der Waals surface area contributed by atoms with E-state index in [0.717, 1.165) is 27.8 Å². The SMILES string of the molecule is Cc1occ2c(OCc3ccccc3)c(CCl)ncc12. The van der Waals surface area contributed by atoms with E-state index in [9.17, 15) is 0 Å². The largest absolute Gasteiger partial charge is 0.486 e. The van der Waals surface area contributed by atoms with E-state index >= 15 is 0 Å². The maximum atomic E-state index is 5.95. The molecule has 0 aliphatic heterocycles. The molecule has 2 heterocycles. The molecule has 4 heteroatoms. The summed E-state index contributed by atoms with van der Waals surface area (Å²) in [4.78, 5) is 4.35. The lowest BCUT2D eigenvalue weighted by Crippen LogP contribution is -2.00. The van der Waals surface area contributed by atoms with E-state index in [1.165, 1.54) is 0 Å². The minimum atomic E-state index is 0.310. The first-order valence-electron chi connectivity index (χ1n) is 6.38. The first kappa shape index (κ1) is 13.0. The van der Waals surface area contributed by atoms with Crippen molar-refractivity contribution in [3.8, 4) is 5.75 Å². The topological polar surface area (TPSA) is 35.3 Å². The number of benzene rings is 1. The molecular formula is C16H14ClNO2. The van der Waals surface area contributed by atoms with Gasteiger partial charge >= 0.3 is 0 Å². The Labute approximate surface area is 122 Å². The number of halogens is 1. The number of rotatable bonds is 4. The summed E-state index contributed by atoms with van der Waals surface area (Å²) in [5.41, 5.74) is 1.83. The highest BCUT2D eigenvalue weighted by atomic mass is 35.5. The van der Waals surface area contributed by atoms with E-state index in [1.54, 1.807) is 12.5 Å². The van der Waals surface area contributed by atoms with Gasteiger partial charge in [0.1, 0.15) is 18.6 Å². The molecule has 0 unspecified atom stereocenters. The van der Waals surface area contributed by atoms with Gasteiger partial charge in [0.25, 0.3) is 0 Å². The normalized spacial score (nSPS) is 10.9. The number of nitrogens with zero attached hydrogens (tertiary/aromatic N) is 1. The van der Waals surface area contributed by atoms with Crippen molar-refractivity contribution < 1.29 is 9.15 Å². The zero-order valence-corrected chi connectivity index (χ0v) is 11.9. The molecule has 0 saturated heterocycles. The van der Waals surface area contributed by atoms with Gasteiger partial charge in [-0.25, -0.2) is 0 Å². The first-order chi connectivity index (χ1) is 9.79. The van der Waals surface area contributed by atoms with E-state index in [-0.39, 0.29) is 0 Å². The van der Waals surface area contributed by atoms with Crippen molar-refractivity contribution in [2.24, 2.45) is 0 Å². The molecule has 0 aliphatic carbocycles. The van der Waals surface area contributed by atoms with Crippen molar-refractivity contribution in [3.63, 3.8) is 0 Å². The number of fused-ring (bicyclic) bond motifs is 1. The molecule has 2 aromatic heterocycles. The molecule has 3 rings (SSSR count). The third kappa shape index (κ3) is 2.37. The third-order valence-electron chi connectivity index (χ3n) is 3.23. The van der Waals surface area contributed by atoms with E-state index in [4.69, 9.17) is 20.8 Å². The summed E-state index contributed by atoms with van der Waals surface area (Å²) in [5.74, 6) is 1.85. The summed E-state index contributed by atoms with van der Waals surface area (Å²) >= 11 is 5.95. The van der Waals surface area contributed by atoms with Crippen LogP contribution >= 0.6 is 11.6 Å². The van der Waals surface area contributed by atoms with Crippen LogP contribution in [0.25, 0.3) is 10.8 Å². The van der Waals surface area contributed by atoms with Crippen molar-refractivity contribution in [1.82, 2.24) is 4.98 Å². The van der Waals surface area contributed by atoms with Crippen molar-refractivity contribution in [3.05, 3.63) is 59.8 Å². The fourth-order valence-electron chi connectivity index (χ4n) is 2.14. The highest BCUT2D eigenvalue weighted by Gasteiger charge is 2.14. The lowest BCUT2D eigenvalue weighted by atomic mass is 10.2. The predicted octanol–water partition coefficient (Wildman–Crippen LogP) is 4.45. The average Bonchev–Trinajstić information content (AvgIpc) is 2.87. The van der Waals surface area contributed by atoms with Crippen LogP contribution in [-0.2, 0) is 12.5 Å². The standard InChI is InChI=1S/C16H14ClNO2/c1-11-13-8-18-15(7-17)16(14(13)10-19-11)20-9-12-5-3-2-4-6-12/h2-6,8,10H,7,9H2,1H3. The number of hydrogen-bond acceptors (Lipinski definition) is 3. The van der Waals surface area contributed by atoms with Gasteiger partial charge in [-0.1, -0.05) is 30.3 Å². The van der Waals surface area contributed by atoms with Gasteiger partial charge < -0.3 is 9.15 Å². The number of furan rings is 1. The van der Waals surface area contributed by atoms with Gasteiger partial charge in [0.2, 0.25) is 0 Å². The molecule has 0 atom stereocenters. The molecule has 0 saturated carbocycles. The molecule has 0 fully saturated rings. The fraction of sp³-hybridized carbons (Fsp3) is 0.188. The smallest absolute Gasteiger partial charge is 0.153 e. The monoisotopic (exact) mass is 287 g/mol. The van der Waals surface area contributed by atoms with Crippen molar-refractivity contribution in [2.75, 3.05) is 0 Å². The van der Waals surface area contributed by atoms with Gasteiger partial charge in [-0.3, -0.25) is 4.98 Å². The molecular weight excluding hydrogens is 274 g/mol. The molecule has 0 aliphatic rings. The highest BCUT2D eigenvalue weighted by Crippen LogP contribution is 2.32. The second kappa shape index (κ2) is 5.55. The van der Waals surface area contributed by atoms with Crippen LogP contribution < -0.4 is 4.74 Å². The number of alkyl halides is 1. The Balaban J connectivity index is 1.96. The molecule has 102 valence electrons. The summed E-state index contributed by atoms with van der Waals surface area (Å²) in [6.07, 6.45) is 3.48. The molecule has 0 amide bonds. The van der Waals surface area contributed by atoms with E-state index in [1.807, 2.05) is 37.3 Å². The summed E-state index contributed by atoms with van der Waals surface area (Å²) < 4.78 is 11.4. The molecule has 0 N–H and O–H groups in total. The average molecular weight is 288 g/mol. The Kier molecular flexibility index (Phi) is 3.61. The van der Waals surface area contributed by atoms with Crippen LogP contribution in [0.5, 0.6) is 5.75 Å². The predicted molar refractivity (Wildman–Crippen MR) is 79.1 cm³/mol. The summed E-state index contributed by atoms with van der Waals surface area (Å²) in [6, 6.07) is 10.0. The zero-order chi connectivity index (χ0) is 13.9. The van der Waals surface area contributed by atoms with Crippen LogP contribution in [-0.4, -0.2) is 4.98 Å². The Morgan fingerprint density at radius 2 is 2.00 bits per heavy atom. The maximum Gasteiger partial charge on any atom is 0.153 e. The van der Waals surface area contributed by atoms with Crippen LogP contribution in [0.1, 0.15) is 17.0 Å². The number of aromatic nitrogens is 1. The van der Waals surface area contributed by atoms with E-state index in [2.05, 4.69) is 4.98 Å². The summed E-state index contributed by atoms with van der Waals surface area (Å²) in [5, 5.41) is 1.88. The van der Waals surface area contributed by atoms with Gasteiger partial charge in [-0.05, 0) is 12.5 Å². The second-order valence-corrected chi connectivity index (χ2v) is 4.83. The number of aryl methyl sites for hydroxylation is 1. The molecule has 20 heavy (non-hydrogen) atoms. The van der Waals surface area contributed by atoms with Crippen molar-refractivity contribution in [2.45, 2.75) is 19.4 Å². The molecule has 0 bridgehead atoms. The van der Waals surface area contributed by atoms with E-state index in [0.29, 0.717) is 18.2 Å². The minimum Gasteiger partial charge on any atom is -0.486 e. The molecule has 1 aromatic carbocycles. The van der Waals surface area contributed by atoms with Gasteiger partial charge in [-0.2, -0.15) is 0 Å². The Morgan fingerprint density at radius 1 is 1.20 bits per heavy atom. The van der Waals surface area contributed by atoms with Crippen molar-refractivity contribution >= 4 is 22.4 Å². The molecule has 0 radical (unpaired) electrons. The Bertz CT molecular complexity index is 722. The Morgan fingerprint density at radius 3 is 2.75 bits per heavy atom. The summed E-state index contributed by atoms with van der Waals surface area (Å²) in [6.45, 7) is 2.39. The fourth-order valence-corrected chi connectivity index (χ4v) is 2.33. The van der Waals surface area contributed by atoms with Crippen LogP contribution in [0, 0.1) is 6.92 Å². The third-order valence-corrected chi connectivity index (χ3v) is 3.48. The second-order valence-electron chi connectivity index (χ2n) is 4.56.